The Labute approximate surface area is 79.5 Å². The molecule has 0 aliphatic heterocycles. The third-order valence-electron chi connectivity index (χ3n) is 1.74. The molecule has 0 spiro atoms. The van der Waals surface area contributed by atoms with Crippen molar-refractivity contribution in [3.8, 4) is 0 Å². The maximum atomic E-state index is 5.80. The summed E-state index contributed by atoms with van der Waals surface area (Å²) in [6, 6.07) is 8.32. The first kappa shape index (κ1) is 9.78. The second-order valence-electron chi connectivity index (χ2n) is 3.47. The SMILES string of the molecule is Cc1ccc(C(N)=NC(C)C)cc1. The van der Waals surface area contributed by atoms with Crippen molar-refractivity contribution in [3.63, 3.8) is 0 Å². The number of benzene rings is 1. The third kappa shape index (κ3) is 2.90. The van der Waals surface area contributed by atoms with Gasteiger partial charge in [-0.05, 0) is 20.8 Å². The number of nitrogens with zero attached hydrogens (tertiary/aromatic N) is 1. The number of hydrogen-bond donors (Lipinski definition) is 1. The summed E-state index contributed by atoms with van der Waals surface area (Å²) >= 11 is 0. The summed E-state index contributed by atoms with van der Waals surface area (Å²) in [5.74, 6) is 0.620. The monoisotopic (exact) mass is 176 g/mol. The molecule has 0 saturated heterocycles. The van der Waals surface area contributed by atoms with Crippen molar-refractivity contribution in [1.29, 1.82) is 0 Å². The van der Waals surface area contributed by atoms with E-state index in [1.165, 1.54) is 5.56 Å². The van der Waals surface area contributed by atoms with Crippen LogP contribution in [0.4, 0.5) is 0 Å². The van der Waals surface area contributed by atoms with Gasteiger partial charge in [-0.15, -0.1) is 0 Å². The van der Waals surface area contributed by atoms with E-state index in [2.05, 4.69) is 11.9 Å². The van der Waals surface area contributed by atoms with Crippen LogP contribution in [0.15, 0.2) is 29.3 Å². The summed E-state index contributed by atoms with van der Waals surface area (Å²) in [6.45, 7) is 6.08. The molecule has 0 bridgehead atoms. The average molecular weight is 176 g/mol. The first-order valence-electron chi connectivity index (χ1n) is 4.50. The van der Waals surface area contributed by atoms with Gasteiger partial charge in [-0.2, -0.15) is 0 Å². The summed E-state index contributed by atoms with van der Waals surface area (Å²) in [7, 11) is 0. The van der Waals surface area contributed by atoms with Crippen LogP contribution in [-0.4, -0.2) is 11.9 Å². The lowest BCUT2D eigenvalue weighted by atomic mass is 10.1. The average Bonchev–Trinajstić information content (AvgIpc) is 2.04. The lowest BCUT2D eigenvalue weighted by Gasteiger charge is -2.03. The van der Waals surface area contributed by atoms with Crippen LogP contribution in [0.3, 0.4) is 0 Å². The molecule has 1 aromatic carbocycles. The third-order valence-corrected chi connectivity index (χ3v) is 1.74. The van der Waals surface area contributed by atoms with E-state index < -0.39 is 0 Å². The zero-order valence-electron chi connectivity index (χ0n) is 8.41. The first-order valence-corrected chi connectivity index (χ1v) is 4.50. The van der Waals surface area contributed by atoms with Gasteiger partial charge in [0.05, 0.1) is 0 Å². The van der Waals surface area contributed by atoms with Gasteiger partial charge in [-0.1, -0.05) is 29.8 Å². The van der Waals surface area contributed by atoms with E-state index in [4.69, 9.17) is 5.73 Å². The summed E-state index contributed by atoms with van der Waals surface area (Å²) < 4.78 is 0. The van der Waals surface area contributed by atoms with Gasteiger partial charge in [0.15, 0.2) is 0 Å². The van der Waals surface area contributed by atoms with E-state index in [1.807, 2.05) is 38.1 Å². The molecule has 2 N–H and O–H groups in total. The summed E-state index contributed by atoms with van der Waals surface area (Å²) in [4.78, 5) is 4.27. The van der Waals surface area contributed by atoms with Crippen molar-refractivity contribution < 1.29 is 0 Å². The molecule has 0 radical (unpaired) electrons. The zero-order valence-corrected chi connectivity index (χ0v) is 8.41. The smallest absolute Gasteiger partial charge is 0.125 e. The Hall–Kier alpha value is -1.31. The first-order chi connectivity index (χ1) is 6.09. The standard InChI is InChI=1S/C11H16N2/c1-8(2)13-11(12)10-6-4-9(3)5-7-10/h4-8H,1-3H3,(H2,12,13). The largest absolute Gasteiger partial charge is 0.383 e. The number of aryl methyl sites for hydroxylation is 1. The van der Waals surface area contributed by atoms with Crippen molar-refractivity contribution in [2.45, 2.75) is 26.8 Å². The van der Waals surface area contributed by atoms with Crippen molar-refractivity contribution in [1.82, 2.24) is 0 Å². The van der Waals surface area contributed by atoms with Gasteiger partial charge in [-0.25, -0.2) is 0 Å². The van der Waals surface area contributed by atoms with Crippen LogP contribution in [0.25, 0.3) is 0 Å². The zero-order chi connectivity index (χ0) is 9.84. The molecule has 2 heteroatoms. The predicted molar refractivity (Wildman–Crippen MR) is 57.0 cm³/mol. The molecular formula is C11H16N2. The molecule has 0 unspecified atom stereocenters. The maximum Gasteiger partial charge on any atom is 0.125 e. The molecule has 0 aromatic heterocycles. The van der Waals surface area contributed by atoms with Crippen LogP contribution in [0, 0.1) is 6.92 Å². The lowest BCUT2D eigenvalue weighted by Crippen LogP contribution is -2.15. The van der Waals surface area contributed by atoms with Crippen molar-refractivity contribution in [2.24, 2.45) is 10.7 Å². The highest BCUT2D eigenvalue weighted by Gasteiger charge is 1.97. The summed E-state index contributed by atoms with van der Waals surface area (Å²) in [6.07, 6.45) is 0. The van der Waals surface area contributed by atoms with E-state index in [1.54, 1.807) is 0 Å². The summed E-state index contributed by atoms with van der Waals surface area (Å²) in [5, 5.41) is 0. The molecule has 0 aliphatic carbocycles. The topological polar surface area (TPSA) is 38.4 Å². The second kappa shape index (κ2) is 4.08. The Balaban J connectivity index is 2.89. The number of aliphatic imine (C=N–C) groups is 1. The Morgan fingerprint density at radius 2 is 1.77 bits per heavy atom. The van der Waals surface area contributed by atoms with Gasteiger partial charge in [-0.3, -0.25) is 4.99 Å². The molecule has 0 amide bonds. The van der Waals surface area contributed by atoms with Gasteiger partial charge >= 0.3 is 0 Å². The number of hydrogen-bond acceptors (Lipinski definition) is 1. The Morgan fingerprint density at radius 1 is 1.23 bits per heavy atom. The molecule has 0 saturated carbocycles. The van der Waals surface area contributed by atoms with Crippen LogP contribution in [-0.2, 0) is 0 Å². The quantitative estimate of drug-likeness (QED) is 0.544. The molecule has 0 atom stereocenters. The Kier molecular flexibility index (Phi) is 3.07. The van der Waals surface area contributed by atoms with E-state index >= 15 is 0 Å². The Bertz CT molecular complexity index is 296. The maximum absolute atomic E-state index is 5.80. The number of nitrogens with two attached hydrogens (primary N) is 1. The van der Waals surface area contributed by atoms with Gasteiger partial charge in [0.25, 0.3) is 0 Å². The molecule has 70 valence electrons. The van der Waals surface area contributed by atoms with Gasteiger partial charge in [0.1, 0.15) is 5.84 Å². The van der Waals surface area contributed by atoms with Crippen molar-refractivity contribution in [2.75, 3.05) is 0 Å². The van der Waals surface area contributed by atoms with E-state index in [0.717, 1.165) is 5.56 Å². The molecule has 1 aromatic rings. The number of amidine groups is 1. The van der Waals surface area contributed by atoms with Crippen LogP contribution >= 0.6 is 0 Å². The molecule has 0 aliphatic rings. The second-order valence-corrected chi connectivity index (χ2v) is 3.47. The van der Waals surface area contributed by atoms with Crippen LogP contribution < -0.4 is 5.73 Å². The number of rotatable bonds is 2. The van der Waals surface area contributed by atoms with Crippen molar-refractivity contribution in [3.05, 3.63) is 35.4 Å². The van der Waals surface area contributed by atoms with Crippen LogP contribution in [0.5, 0.6) is 0 Å². The minimum absolute atomic E-state index is 0.251. The van der Waals surface area contributed by atoms with Crippen LogP contribution in [0.2, 0.25) is 0 Å². The highest BCUT2D eigenvalue weighted by molar-refractivity contribution is 5.97. The van der Waals surface area contributed by atoms with E-state index in [-0.39, 0.29) is 6.04 Å². The minimum Gasteiger partial charge on any atom is -0.383 e. The van der Waals surface area contributed by atoms with Crippen molar-refractivity contribution >= 4 is 5.84 Å². The fourth-order valence-electron chi connectivity index (χ4n) is 1.08. The fraction of sp³-hybridized carbons (Fsp3) is 0.364. The molecule has 0 heterocycles. The van der Waals surface area contributed by atoms with E-state index in [9.17, 15) is 0 Å². The van der Waals surface area contributed by atoms with Gasteiger partial charge in [0.2, 0.25) is 0 Å². The molecule has 0 fully saturated rings. The normalized spacial score (nSPS) is 12.2. The molecule has 13 heavy (non-hydrogen) atoms. The highest BCUT2D eigenvalue weighted by Crippen LogP contribution is 2.03. The highest BCUT2D eigenvalue weighted by atomic mass is 14.9. The predicted octanol–water partition coefficient (Wildman–Crippen LogP) is 2.11. The molecule has 1 rings (SSSR count). The van der Waals surface area contributed by atoms with Gasteiger partial charge in [0, 0.05) is 11.6 Å². The van der Waals surface area contributed by atoms with E-state index in [0.29, 0.717) is 5.84 Å². The minimum atomic E-state index is 0.251. The van der Waals surface area contributed by atoms with Crippen LogP contribution in [0.1, 0.15) is 25.0 Å². The lowest BCUT2D eigenvalue weighted by molar-refractivity contribution is 0.834. The molecule has 2 nitrogen and oxygen atoms in total. The molecular weight excluding hydrogens is 160 g/mol. The fourth-order valence-corrected chi connectivity index (χ4v) is 1.08. The van der Waals surface area contributed by atoms with Gasteiger partial charge < -0.3 is 5.73 Å². The summed E-state index contributed by atoms with van der Waals surface area (Å²) in [5.41, 5.74) is 8.03. The Morgan fingerprint density at radius 3 is 2.23 bits per heavy atom.